The summed E-state index contributed by atoms with van der Waals surface area (Å²) in [6.45, 7) is -0.262. The Balaban J connectivity index is 1.39. The molecule has 4 aromatic rings. The van der Waals surface area contributed by atoms with Crippen LogP contribution in [0.25, 0.3) is 11.3 Å². The Morgan fingerprint density at radius 2 is 1.69 bits per heavy atom. The molecule has 0 unspecified atom stereocenters. The number of anilines is 2. The third-order valence-electron chi connectivity index (χ3n) is 4.82. The minimum Gasteiger partial charge on any atom is -0.497 e. The standard InChI is InChI=1S/C23H20N6O5S/c1-34-18-7-3-16(4-8-18)20-13-22(31)29(15-26-20)14-21(30)27-17-5-9-19(10-6-17)35(32,33)28-23-24-11-2-12-25-23/h2-13,15H,14H2,1H3,(H,27,30)(H,24,25,28). The summed E-state index contributed by atoms with van der Waals surface area (Å²) in [5.41, 5.74) is 1.18. The fourth-order valence-corrected chi connectivity index (χ4v) is 4.03. The first kappa shape index (κ1) is 23.6. The number of aromatic nitrogens is 4. The predicted molar refractivity (Wildman–Crippen MR) is 128 cm³/mol. The van der Waals surface area contributed by atoms with Crippen LogP contribution in [0.15, 0.2) is 89.1 Å². The summed E-state index contributed by atoms with van der Waals surface area (Å²) in [5, 5.41) is 2.62. The summed E-state index contributed by atoms with van der Waals surface area (Å²) in [6.07, 6.45) is 4.13. The minimum atomic E-state index is -3.89. The molecule has 4 rings (SSSR count). The van der Waals surface area contributed by atoms with Crippen LogP contribution in [0.5, 0.6) is 5.75 Å². The van der Waals surface area contributed by atoms with Crippen molar-refractivity contribution in [3.63, 3.8) is 0 Å². The van der Waals surface area contributed by atoms with Gasteiger partial charge in [0.25, 0.3) is 15.6 Å². The zero-order valence-electron chi connectivity index (χ0n) is 18.5. The Morgan fingerprint density at radius 1 is 1.00 bits per heavy atom. The number of hydrogen-bond acceptors (Lipinski definition) is 8. The summed E-state index contributed by atoms with van der Waals surface area (Å²) >= 11 is 0. The van der Waals surface area contributed by atoms with E-state index in [1.807, 2.05) is 0 Å². The molecule has 11 nitrogen and oxygen atoms in total. The second-order valence-corrected chi connectivity index (χ2v) is 8.90. The van der Waals surface area contributed by atoms with Crippen molar-refractivity contribution in [3.05, 3.63) is 89.7 Å². The lowest BCUT2D eigenvalue weighted by Gasteiger charge is -2.10. The largest absolute Gasteiger partial charge is 0.497 e. The normalized spacial score (nSPS) is 11.0. The van der Waals surface area contributed by atoms with Gasteiger partial charge in [-0.05, 0) is 54.6 Å². The van der Waals surface area contributed by atoms with Crippen LogP contribution in [0.2, 0.25) is 0 Å². The molecule has 0 radical (unpaired) electrons. The molecule has 0 atom stereocenters. The summed E-state index contributed by atoms with van der Waals surface area (Å²) < 4.78 is 33.4. The molecule has 0 aliphatic heterocycles. The van der Waals surface area contributed by atoms with Gasteiger partial charge >= 0.3 is 0 Å². The third-order valence-corrected chi connectivity index (χ3v) is 6.16. The number of amides is 1. The second-order valence-electron chi connectivity index (χ2n) is 7.22. The molecule has 178 valence electrons. The van der Waals surface area contributed by atoms with E-state index in [0.29, 0.717) is 17.1 Å². The van der Waals surface area contributed by atoms with Gasteiger partial charge in [-0.15, -0.1) is 0 Å². The van der Waals surface area contributed by atoms with Crippen LogP contribution < -0.4 is 20.3 Å². The van der Waals surface area contributed by atoms with E-state index < -0.39 is 21.5 Å². The van der Waals surface area contributed by atoms with Gasteiger partial charge in [-0.25, -0.2) is 28.1 Å². The number of nitrogens with zero attached hydrogens (tertiary/aromatic N) is 4. The molecule has 0 spiro atoms. The van der Waals surface area contributed by atoms with Crippen molar-refractivity contribution in [1.82, 2.24) is 19.5 Å². The van der Waals surface area contributed by atoms with E-state index in [4.69, 9.17) is 4.74 Å². The van der Waals surface area contributed by atoms with Crippen LogP contribution in [0.1, 0.15) is 0 Å². The van der Waals surface area contributed by atoms with Crippen LogP contribution in [-0.2, 0) is 21.4 Å². The molecule has 0 bridgehead atoms. The van der Waals surface area contributed by atoms with Crippen LogP contribution >= 0.6 is 0 Å². The van der Waals surface area contributed by atoms with E-state index in [1.54, 1.807) is 37.4 Å². The first-order valence-corrected chi connectivity index (χ1v) is 11.7. The number of nitrogens with one attached hydrogen (secondary N) is 2. The fourth-order valence-electron chi connectivity index (χ4n) is 3.07. The number of methoxy groups -OCH3 is 1. The highest BCUT2D eigenvalue weighted by Crippen LogP contribution is 2.19. The molecule has 12 heteroatoms. The van der Waals surface area contributed by atoms with Gasteiger partial charge in [-0.1, -0.05) is 0 Å². The van der Waals surface area contributed by atoms with Crippen LogP contribution in [0.3, 0.4) is 0 Å². The lowest BCUT2D eigenvalue weighted by Crippen LogP contribution is -2.27. The Kier molecular flexibility index (Phi) is 6.83. The minimum absolute atomic E-state index is 0.0301. The maximum absolute atomic E-state index is 12.5. The van der Waals surface area contributed by atoms with E-state index in [9.17, 15) is 18.0 Å². The van der Waals surface area contributed by atoms with Gasteiger partial charge in [-0.2, -0.15) is 0 Å². The van der Waals surface area contributed by atoms with Crippen LogP contribution in [-0.4, -0.2) is 41.0 Å². The molecule has 35 heavy (non-hydrogen) atoms. The molecule has 2 aromatic carbocycles. The molecule has 0 fully saturated rings. The smallest absolute Gasteiger partial charge is 0.264 e. The molecule has 0 saturated carbocycles. The highest BCUT2D eigenvalue weighted by atomic mass is 32.2. The highest BCUT2D eigenvalue weighted by molar-refractivity contribution is 7.92. The van der Waals surface area contributed by atoms with Crippen molar-refractivity contribution in [2.75, 3.05) is 17.1 Å². The van der Waals surface area contributed by atoms with E-state index >= 15 is 0 Å². The van der Waals surface area contributed by atoms with E-state index in [2.05, 4.69) is 25.0 Å². The summed E-state index contributed by atoms with van der Waals surface area (Å²) in [5.74, 6) is 0.158. The molecule has 1 amide bonds. The Labute approximate surface area is 200 Å². The van der Waals surface area contributed by atoms with Crippen LogP contribution in [0, 0.1) is 0 Å². The zero-order valence-corrected chi connectivity index (χ0v) is 19.3. The molecule has 0 aliphatic rings. The van der Waals surface area contributed by atoms with Gasteiger partial charge in [0.2, 0.25) is 11.9 Å². The summed E-state index contributed by atoms with van der Waals surface area (Å²) in [7, 11) is -2.33. The molecule has 0 saturated heterocycles. The van der Waals surface area contributed by atoms with Gasteiger partial charge < -0.3 is 10.1 Å². The lowest BCUT2D eigenvalue weighted by molar-refractivity contribution is -0.116. The van der Waals surface area contributed by atoms with E-state index in [0.717, 1.165) is 5.56 Å². The van der Waals surface area contributed by atoms with Crippen molar-refractivity contribution in [1.29, 1.82) is 0 Å². The summed E-state index contributed by atoms with van der Waals surface area (Å²) in [4.78, 5) is 36.8. The molecule has 2 N–H and O–H groups in total. The van der Waals surface area contributed by atoms with Crippen molar-refractivity contribution in [2.45, 2.75) is 11.4 Å². The maximum Gasteiger partial charge on any atom is 0.264 e. The second kappa shape index (κ2) is 10.1. The lowest BCUT2D eigenvalue weighted by atomic mass is 10.1. The molecular weight excluding hydrogens is 472 g/mol. The number of ether oxygens (including phenoxy) is 1. The highest BCUT2D eigenvalue weighted by Gasteiger charge is 2.16. The van der Waals surface area contributed by atoms with Crippen molar-refractivity contribution >= 4 is 27.6 Å². The molecule has 2 aromatic heterocycles. The average Bonchev–Trinajstić information content (AvgIpc) is 2.86. The number of carbonyl (C=O) groups is 1. The van der Waals surface area contributed by atoms with Crippen molar-refractivity contribution in [3.8, 4) is 17.0 Å². The van der Waals surface area contributed by atoms with Gasteiger partial charge in [0, 0.05) is 29.7 Å². The molecule has 2 heterocycles. The maximum atomic E-state index is 12.5. The van der Waals surface area contributed by atoms with Crippen molar-refractivity contribution in [2.24, 2.45) is 0 Å². The Bertz CT molecular complexity index is 1490. The van der Waals surface area contributed by atoms with E-state index in [-0.39, 0.29) is 17.4 Å². The molecule has 0 aliphatic carbocycles. The monoisotopic (exact) mass is 492 g/mol. The van der Waals surface area contributed by atoms with Gasteiger partial charge in [0.15, 0.2) is 0 Å². The van der Waals surface area contributed by atoms with Gasteiger partial charge in [-0.3, -0.25) is 14.2 Å². The average molecular weight is 493 g/mol. The van der Waals surface area contributed by atoms with Crippen molar-refractivity contribution < 1.29 is 17.9 Å². The quantitative estimate of drug-likeness (QED) is 0.381. The number of sulfonamides is 1. The number of carbonyl (C=O) groups excluding carboxylic acids is 1. The Morgan fingerprint density at radius 3 is 2.31 bits per heavy atom. The zero-order chi connectivity index (χ0) is 24.8. The summed E-state index contributed by atoms with van der Waals surface area (Å²) in [6, 6.07) is 15.5. The number of benzene rings is 2. The molecular formula is C23H20N6O5S. The first-order valence-electron chi connectivity index (χ1n) is 10.2. The topological polar surface area (TPSA) is 145 Å². The predicted octanol–water partition coefficient (Wildman–Crippen LogP) is 2.15. The Hall–Kier alpha value is -4.58. The number of rotatable bonds is 8. The number of hydrogen-bond donors (Lipinski definition) is 2. The van der Waals surface area contributed by atoms with E-state index in [1.165, 1.54) is 53.6 Å². The SMILES string of the molecule is COc1ccc(-c2cc(=O)n(CC(=O)Nc3ccc(S(=O)(=O)Nc4ncccn4)cc3)cn2)cc1. The van der Waals surface area contributed by atoms with Gasteiger partial charge in [0.1, 0.15) is 12.3 Å². The van der Waals surface area contributed by atoms with Crippen LogP contribution in [0.4, 0.5) is 11.6 Å². The fraction of sp³-hybridized carbons (Fsp3) is 0.0870. The third kappa shape index (κ3) is 5.86. The first-order chi connectivity index (χ1) is 16.8. The van der Waals surface area contributed by atoms with Gasteiger partial charge in [0.05, 0.1) is 24.0 Å².